The predicted octanol–water partition coefficient (Wildman–Crippen LogP) is 4.82. The molecule has 154 valence electrons. The summed E-state index contributed by atoms with van der Waals surface area (Å²) in [5.41, 5.74) is 7.77. The van der Waals surface area contributed by atoms with Gasteiger partial charge in [-0.25, -0.2) is 4.98 Å². The van der Waals surface area contributed by atoms with Crippen LogP contribution >= 0.6 is 0 Å². The number of ether oxygens (including phenoxy) is 1. The highest BCUT2D eigenvalue weighted by atomic mass is 16.5. The molecular weight excluding hydrogens is 372 g/mol. The Morgan fingerprint density at radius 3 is 2.47 bits per heavy atom. The van der Waals surface area contributed by atoms with Gasteiger partial charge >= 0.3 is 0 Å². The van der Waals surface area contributed by atoms with Gasteiger partial charge in [0, 0.05) is 29.7 Å². The average molecular weight is 401 g/mol. The van der Waals surface area contributed by atoms with E-state index in [2.05, 4.69) is 66.7 Å². The number of nitrogens with zero attached hydrogens (tertiary/aromatic N) is 3. The van der Waals surface area contributed by atoms with Gasteiger partial charge in [-0.15, -0.1) is 0 Å². The molecule has 2 heterocycles. The molecule has 30 heavy (non-hydrogen) atoms. The zero-order valence-electron chi connectivity index (χ0n) is 18.1. The number of hydrogen-bond donors (Lipinski definition) is 1. The Morgan fingerprint density at radius 1 is 0.967 bits per heavy atom. The summed E-state index contributed by atoms with van der Waals surface area (Å²) < 4.78 is 7.36. The molecule has 4 rings (SSSR count). The first-order valence-electron chi connectivity index (χ1n) is 10.3. The summed E-state index contributed by atoms with van der Waals surface area (Å²) in [5, 5.41) is 9.27. The number of nitrogens with one attached hydrogen (secondary N) is 1. The first kappa shape index (κ1) is 20.1. The topological polar surface area (TPSA) is 52.0 Å². The van der Waals surface area contributed by atoms with E-state index in [1.54, 1.807) is 7.11 Å². The summed E-state index contributed by atoms with van der Waals surface area (Å²) in [5.74, 6) is 0.847. The van der Waals surface area contributed by atoms with Crippen molar-refractivity contribution in [2.45, 2.75) is 33.9 Å². The van der Waals surface area contributed by atoms with Gasteiger partial charge in [0.2, 0.25) is 0 Å². The minimum atomic E-state index is 0.747. The summed E-state index contributed by atoms with van der Waals surface area (Å²) in [6, 6.07) is 18.9. The second kappa shape index (κ2) is 8.67. The van der Waals surface area contributed by atoms with Crippen LogP contribution in [0.5, 0.6) is 5.75 Å². The molecule has 0 atom stereocenters. The highest BCUT2D eigenvalue weighted by molar-refractivity contribution is 5.84. The Hall–Kier alpha value is -3.18. The molecule has 0 aliphatic rings. The average Bonchev–Trinajstić information content (AvgIpc) is 3.07. The smallest absolute Gasteiger partial charge is 0.118 e. The van der Waals surface area contributed by atoms with Gasteiger partial charge in [0.25, 0.3) is 0 Å². The molecule has 0 saturated carbocycles. The van der Waals surface area contributed by atoms with E-state index in [4.69, 9.17) is 9.72 Å². The van der Waals surface area contributed by atoms with E-state index >= 15 is 0 Å². The van der Waals surface area contributed by atoms with Gasteiger partial charge in [-0.1, -0.05) is 12.1 Å². The van der Waals surface area contributed by atoms with E-state index in [9.17, 15) is 0 Å². The zero-order chi connectivity index (χ0) is 21.1. The van der Waals surface area contributed by atoms with Crippen LogP contribution in [0.2, 0.25) is 0 Å². The minimum Gasteiger partial charge on any atom is -0.497 e. The third-order valence-corrected chi connectivity index (χ3v) is 5.33. The maximum absolute atomic E-state index is 5.31. The molecule has 0 amide bonds. The first-order chi connectivity index (χ1) is 14.5. The highest BCUT2D eigenvalue weighted by Crippen LogP contribution is 2.28. The number of hydrogen-bond acceptors (Lipinski definition) is 4. The van der Waals surface area contributed by atoms with E-state index in [-0.39, 0.29) is 0 Å². The minimum absolute atomic E-state index is 0.747. The van der Waals surface area contributed by atoms with Gasteiger partial charge in [-0.05, 0) is 74.4 Å². The van der Waals surface area contributed by atoms with Gasteiger partial charge in [0.1, 0.15) is 5.75 Å². The standard InChI is InChI=1S/C25H28N4O/c1-17-5-6-21-15-22(16-26-11-12-29-19(3)14-18(2)28-29)25(27-24(21)13-17)20-7-9-23(30-4)10-8-20/h5-10,13-15,26H,11-12,16H2,1-4H3. The number of methoxy groups -OCH3 is 1. The van der Waals surface area contributed by atoms with Crippen molar-refractivity contribution < 1.29 is 4.74 Å². The lowest BCUT2D eigenvalue weighted by molar-refractivity contribution is 0.415. The Labute approximate surface area is 177 Å². The molecule has 0 fully saturated rings. The van der Waals surface area contributed by atoms with E-state index in [0.717, 1.165) is 53.2 Å². The molecule has 1 N–H and O–H groups in total. The molecular formula is C25H28N4O. The number of aryl methyl sites for hydroxylation is 3. The predicted molar refractivity (Wildman–Crippen MR) is 122 cm³/mol. The molecule has 5 heteroatoms. The molecule has 0 unspecified atom stereocenters. The van der Waals surface area contributed by atoms with Crippen LogP contribution in [-0.4, -0.2) is 28.4 Å². The maximum atomic E-state index is 5.31. The van der Waals surface area contributed by atoms with Crippen LogP contribution in [0.25, 0.3) is 22.2 Å². The van der Waals surface area contributed by atoms with Crippen LogP contribution in [0.15, 0.2) is 54.6 Å². The van der Waals surface area contributed by atoms with Crippen LogP contribution in [0.1, 0.15) is 22.5 Å². The number of aromatic nitrogens is 3. The van der Waals surface area contributed by atoms with Crippen molar-refractivity contribution in [1.29, 1.82) is 0 Å². The number of rotatable bonds is 7. The lowest BCUT2D eigenvalue weighted by atomic mass is 10.0. The molecule has 0 saturated heterocycles. The molecule has 0 bridgehead atoms. The van der Waals surface area contributed by atoms with Crippen LogP contribution in [0.3, 0.4) is 0 Å². The summed E-state index contributed by atoms with van der Waals surface area (Å²) in [7, 11) is 1.68. The molecule has 0 spiro atoms. The second-order valence-corrected chi connectivity index (χ2v) is 7.75. The van der Waals surface area contributed by atoms with Gasteiger partial charge < -0.3 is 10.1 Å². The van der Waals surface area contributed by atoms with Gasteiger partial charge in [0.05, 0.1) is 30.6 Å². The van der Waals surface area contributed by atoms with Crippen molar-refractivity contribution in [3.8, 4) is 17.0 Å². The van der Waals surface area contributed by atoms with Crippen molar-refractivity contribution >= 4 is 10.9 Å². The fourth-order valence-corrected chi connectivity index (χ4v) is 3.76. The van der Waals surface area contributed by atoms with E-state index in [0.29, 0.717) is 0 Å². The zero-order valence-corrected chi connectivity index (χ0v) is 18.1. The SMILES string of the molecule is COc1ccc(-c2nc3cc(C)ccc3cc2CNCCn2nc(C)cc2C)cc1. The second-order valence-electron chi connectivity index (χ2n) is 7.75. The normalized spacial score (nSPS) is 11.2. The van der Waals surface area contributed by atoms with E-state index in [1.807, 2.05) is 23.7 Å². The van der Waals surface area contributed by atoms with Crippen molar-refractivity contribution in [2.24, 2.45) is 0 Å². The van der Waals surface area contributed by atoms with Crippen LogP contribution in [0.4, 0.5) is 0 Å². The van der Waals surface area contributed by atoms with Crippen LogP contribution < -0.4 is 10.1 Å². The third-order valence-electron chi connectivity index (χ3n) is 5.33. The van der Waals surface area contributed by atoms with Crippen molar-refractivity contribution in [2.75, 3.05) is 13.7 Å². The summed E-state index contributed by atoms with van der Waals surface area (Å²) in [6.07, 6.45) is 0. The maximum Gasteiger partial charge on any atom is 0.118 e. The van der Waals surface area contributed by atoms with Crippen molar-refractivity contribution in [3.63, 3.8) is 0 Å². The fourth-order valence-electron chi connectivity index (χ4n) is 3.76. The molecule has 2 aromatic carbocycles. The molecule has 0 aliphatic heterocycles. The van der Waals surface area contributed by atoms with E-state index in [1.165, 1.54) is 16.8 Å². The Balaban J connectivity index is 1.59. The van der Waals surface area contributed by atoms with Crippen LogP contribution in [-0.2, 0) is 13.1 Å². The number of pyridine rings is 1. The Kier molecular flexibility index (Phi) is 5.81. The third kappa shape index (κ3) is 4.36. The van der Waals surface area contributed by atoms with Crippen molar-refractivity contribution in [3.05, 3.63) is 77.1 Å². The summed E-state index contributed by atoms with van der Waals surface area (Å²) in [6.45, 7) is 8.66. The largest absolute Gasteiger partial charge is 0.497 e. The highest BCUT2D eigenvalue weighted by Gasteiger charge is 2.10. The van der Waals surface area contributed by atoms with Crippen molar-refractivity contribution in [1.82, 2.24) is 20.1 Å². The lowest BCUT2D eigenvalue weighted by Crippen LogP contribution is -2.21. The van der Waals surface area contributed by atoms with Gasteiger partial charge in [0.15, 0.2) is 0 Å². The van der Waals surface area contributed by atoms with E-state index < -0.39 is 0 Å². The van der Waals surface area contributed by atoms with Gasteiger partial charge in [-0.2, -0.15) is 5.10 Å². The summed E-state index contributed by atoms with van der Waals surface area (Å²) in [4.78, 5) is 5.02. The molecule has 0 aliphatic carbocycles. The molecule has 0 radical (unpaired) electrons. The Morgan fingerprint density at radius 2 is 1.77 bits per heavy atom. The van der Waals surface area contributed by atoms with Gasteiger partial charge in [-0.3, -0.25) is 4.68 Å². The molecule has 4 aromatic rings. The summed E-state index contributed by atoms with van der Waals surface area (Å²) >= 11 is 0. The number of fused-ring (bicyclic) bond motifs is 1. The first-order valence-corrected chi connectivity index (χ1v) is 10.3. The number of benzene rings is 2. The quantitative estimate of drug-likeness (QED) is 0.452. The lowest BCUT2D eigenvalue weighted by Gasteiger charge is -2.13. The molecule has 2 aromatic heterocycles. The Bertz CT molecular complexity index is 1160. The monoisotopic (exact) mass is 400 g/mol. The molecule has 5 nitrogen and oxygen atoms in total. The van der Waals surface area contributed by atoms with Crippen LogP contribution in [0, 0.1) is 20.8 Å². The fraction of sp³-hybridized carbons (Fsp3) is 0.280.